The predicted octanol–water partition coefficient (Wildman–Crippen LogP) is 2.45. The van der Waals surface area contributed by atoms with Crippen molar-refractivity contribution in [3.8, 4) is 17.2 Å². The van der Waals surface area contributed by atoms with Crippen LogP contribution in [-0.4, -0.2) is 30.2 Å². The van der Waals surface area contributed by atoms with E-state index in [2.05, 4.69) is 0 Å². The lowest BCUT2D eigenvalue weighted by Gasteiger charge is -2.28. The first-order chi connectivity index (χ1) is 12.3. The maximum absolute atomic E-state index is 13.1. The lowest BCUT2D eigenvalue weighted by atomic mass is 9.86. The summed E-state index contributed by atoms with van der Waals surface area (Å²) in [5.41, 5.74) is -0.673. The highest BCUT2D eigenvalue weighted by molar-refractivity contribution is 6.10. The molecule has 2 aromatic carbocycles. The van der Waals surface area contributed by atoms with Crippen molar-refractivity contribution in [2.45, 2.75) is 31.2 Å². The van der Waals surface area contributed by atoms with Crippen LogP contribution in [0.15, 0.2) is 30.3 Å². The molecule has 4 rings (SSSR count). The van der Waals surface area contributed by atoms with Gasteiger partial charge < -0.3 is 24.4 Å². The van der Waals surface area contributed by atoms with Crippen molar-refractivity contribution in [2.24, 2.45) is 0 Å². The quantitative estimate of drug-likeness (QED) is 0.879. The zero-order valence-corrected chi connectivity index (χ0v) is 15.0. The minimum atomic E-state index is -2.21. The third-order valence-corrected chi connectivity index (χ3v) is 5.27. The molecule has 0 saturated heterocycles. The third-order valence-electron chi connectivity index (χ3n) is 5.27. The normalized spacial score (nSPS) is 25.6. The SMILES string of the molecule is COc1cc2c(cc1OC)[C@]1(O)Oc3cc(C(C)C)ccc3[C@]1(O)C2=O. The van der Waals surface area contributed by atoms with Gasteiger partial charge in [-0.15, -0.1) is 0 Å². The standard InChI is InChI=1S/C20H20O6/c1-10(2)11-5-6-13-15(7-11)26-20(23)14-9-17(25-4)16(24-3)8-12(14)18(21)19(13,20)22/h5-10,22-23H,1-4H3/t19-,20-/m0/s1. The van der Waals surface area contributed by atoms with E-state index in [-0.39, 0.29) is 22.6 Å². The Kier molecular flexibility index (Phi) is 3.39. The number of fused-ring (bicyclic) bond motifs is 5. The number of aliphatic hydroxyl groups is 2. The molecule has 0 aromatic heterocycles. The molecule has 0 radical (unpaired) electrons. The molecule has 1 heterocycles. The number of carbonyl (C=O) groups excluding carboxylic acids is 1. The second-order valence-electron chi connectivity index (χ2n) is 6.95. The van der Waals surface area contributed by atoms with Crippen LogP contribution in [0.4, 0.5) is 0 Å². The summed E-state index contributed by atoms with van der Waals surface area (Å²) in [7, 11) is 2.91. The highest BCUT2D eigenvalue weighted by Crippen LogP contribution is 2.59. The van der Waals surface area contributed by atoms with Crippen molar-refractivity contribution >= 4 is 5.78 Å². The van der Waals surface area contributed by atoms with Gasteiger partial charge in [-0.1, -0.05) is 26.0 Å². The molecule has 0 saturated carbocycles. The first kappa shape index (κ1) is 16.9. The van der Waals surface area contributed by atoms with E-state index < -0.39 is 17.2 Å². The summed E-state index contributed by atoms with van der Waals surface area (Å²) >= 11 is 0. The van der Waals surface area contributed by atoms with E-state index in [1.54, 1.807) is 12.1 Å². The van der Waals surface area contributed by atoms with Gasteiger partial charge in [0.05, 0.1) is 14.2 Å². The summed E-state index contributed by atoms with van der Waals surface area (Å²) in [4.78, 5) is 13.1. The molecule has 26 heavy (non-hydrogen) atoms. The molecule has 1 aliphatic heterocycles. The number of hydrogen-bond acceptors (Lipinski definition) is 6. The van der Waals surface area contributed by atoms with Gasteiger partial charge in [0.25, 0.3) is 5.79 Å². The second kappa shape index (κ2) is 5.22. The fourth-order valence-electron chi connectivity index (χ4n) is 3.77. The van der Waals surface area contributed by atoms with Gasteiger partial charge in [-0.2, -0.15) is 0 Å². The summed E-state index contributed by atoms with van der Waals surface area (Å²) in [6.45, 7) is 4.05. The van der Waals surface area contributed by atoms with E-state index in [1.807, 2.05) is 19.9 Å². The van der Waals surface area contributed by atoms with E-state index in [0.717, 1.165) is 5.56 Å². The Bertz CT molecular complexity index is 934. The Hall–Kier alpha value is -2.57. The molecular formula is C20H20O6. The number of hydrogen-bond donors (Lipinski definition) is 2. The summed E-state index contributed by atoms with van der Waals surface area (Å²) in [6.07, 6.45) is 0. The Morgan fingerprint density at radius 3 is 2.27 bits per heavy atom. The number of carbonyl (C=O) groups is 1. The summed E-state index contributed by atoms with van der Waals surface area (Å²) in [5, 5.41) is 22.5. The maximum Gasteiger partial charge on any atom is 0.276 e. The molecule has 2 aliphatic rings. The molecule has 6 nitrogen and oxygen atoms in total. The van der Waals surface area contributed by atoms with Crippen molar-refractivity contribution in [3.05, 3.63) is 52.6 Å². The van der Waals surface area contributed by atoms with E-state index >= 15 is 0 Å². The summed E-state index contributed by atoms with van der Waals surface area (Å²) in [6, 6.07) is 8.15. The Morgan fingerprint density at radius 1 is 1.00 bits per heavy atom. The fourth-order valence-corrected chi connectivity index (χ4v) is 3.77. The fraction of sp³-hybridized carbons (Fsp3) is 0.350. The van der Waals surface area contributed by atoms with Gasteiger partial charge in [-0.25, -0.2) is 0 Å². The molecule has 2 atom stereocenters. The van der Waals surface area contributed by atoms with Crippen LogP contribution in [0.1, 0.15) is 46.8 Å². The van der Waals surface area contributed by atoms with Crippen LogP contribution in [0, 0.1) is 0 Å². The molecular weight excluding hydrogens is 336 g/mol. The van der Waals surface area contributed by atoms with Gasteiger partial charge in [-0.3, -0.25) is 4.79 Å². The number of ether oxygens (including phenoxy) is 3. The molecule has 0 spiro atoms. The topological polar surface area (TPSA) is 85.2 Å². The van der Waals surface area contributed by atoms with E-state index in [0.29, 0.717) is 17.2 Å². The van der Waals surface area contributed by atoms with Crippen LogP contribution in [-0.2, 0) is 11.4 Å². The van der Waals surface area contributed by atoms with Crippen LogP contribution in [0.25, 0.3) is 0 Å². The Morgan fingerprint density at radius 2 is 1.65 bits per heavy atom. The van der Waals surface area contributed by atoms with Crippen LogP contribution in [0.2, 0.25) is 0 Å². The minimum absolute atomic E-state index is 0.145. The Labute approximate surface area is 150 Å². The first-order valence-corrected chi connectivity index (χ1v) is 8.37. The minimum Gasteiger partial charge on any atom is -0.493 e. The molecule has 0 fully saturated rings. The van der Waals surface area contributed by atoms with Crippen molar-refractivity contribution in [1.29, 1.82) is 0 Å². The molecule has 6 heteroatoms. The average molecular weight is 356 g/mol. The molecule has 136 valence electrons. The highest BCUT2D eigenvalue weighted by Gasteiger charge is 2.70. The van der Waals surface area contributed by atoms with E-state index in [1.165, 1.54) is 26.4 Å². The Balaban J connectivity index is 1.94. The zero-order chi connectivity index (χ0) is 18.9. The van der Waals surface area contributed by atoms with Gasteiger partial charge in [0.15, 0.2) is 11.5 Å². The number of ketones is 1. The summed E-state index contributed by atoms with van der Waals surface area (Å²) < 4.78 is 16.3. The number of Topliss-reactive ketones (excluding diaryl/α,β-unsaturated/α-hetero) is 1. The predicted molar refractivity (Wildman–Crippen MR) is 92.8 cm³/mol. The van der Waals surface area contributed by atoms with Gasteiger partial charge in [-0.05, 0) is 29.7 Å². The lowest BCUT2D eigenvalue weighted by Crippen LogP contribution is -2.48. The third kappa shape index (κ3) is 1.80. The van der Waals surface area contributed by atoms with Crippen molar-refractivity contribution < 1.29 is 29.2 Å². The van der Waals surface area contributed by atoms with Gasteiger partial charge in [0.1, 0.15) is 5.75 Å². The monoisotopic (exact) mass is 356 g/mol. The molecule has 2 aromatic rings. The number of methoxy groups -OCH3 is 2. The van der Waals surface area contributed by atoms with Crippen molar-refractivity contribution in [1.82, 2.24) is 0 Å². The van der Waals surface area contributed by atoms with Crippen LogP contribution in [0.3, 0.4) is 0 Å². The molecule has 0 unspecified atom stereocenters. The molecule has 1 aliphatic carbocycles. The highest BCUT2D eigenvalue weighted by atomic mass is 16.7. The largest absolute Gasteiger partial charge is 0.493 e. The van der Waals surface area contributed by atoms with Gasteiger partial charge >= 0.3 is 0 Å². The number of benzene rings is 2. The van der Waals surface area contributed by atoms with Crippen molar-refractivity contribution in [2.75, 3.05) is 14.2 Å². The van der Waals surface area contributed by atoms with E-state index in [4.69, 9.17) is 14.2 Å². The maximum atomic E-state index is 13.1. The molecule has 0 bridgehead atoms. The number of rotatable bonds is 3. The van der Waals surface area contributed by atoms with Crippen molar-refractivity contribution in [3.63, 3.8) is 0 Å². The lowest BCUT2D eigenvalue weighted by molar-refractivity contribution is -0.224. The van der Waals surface area contributed by atoms with E-state index in [9.17, 15) is 15.0 Å². The van der Waals surface area contributed by atoms with Gasteiger partial charge in [0.2, 0.25) is 11.4 Å². The first-order valence-electron chi connectivity index (χ1n) is 8.37. The molecule has 2 N–H and O–H groups in total. The second-order valence-corrected chi connectivity index (χ2v) is 6.95. The average Bonchev–Trinajstić information content (AvgIpc) is 2.96. The van der Waals surface area contributed by atoms with Crippen LogP contribution < -0.4 is 14.2 Å². The van der Waals surface area contributed by atoms with Gasteiger partial charge in [0, 0.05) is 16.7 Å². The smallest absolute Gasteiger partial charge is 0.276 e. The van der Waals surface area contributed by atoms with Crippen LogP contribution >= 0.6 is 0 Å². The summed E-state index contributed by atoms with van der Waals surface area (Å²) in [5.74, 6) is -1.64. The van der Waals surface area contributed by atoms with Crippen LogP contribution in [0.5, 0.6) is 17.2 Å². The molecule has 0 amide bonds. The zero-order valence-electron chi connectivity index (χ0n) is 15.0.